The number of unbranched alkanes of at least 4 members (excludes halogenated alkanes) is 7. The summed E-state index contributed by atoms with van der Waals surface area (Å²) in [6, 6.07) is -0.736. The Labute approximate surface area is 291 Å². The lowest BCUT2D eigenvalue weighted by molar-refractivity contribution is -0.889. The summed E-state index contributed by atoms with van der Waals surface area (Å²) in [5.41, 5.74) is 0. The molecule has 2 atom stereocenters. The zero-order valence-corrected chi connectivity index (χ0v) is 30.6. The fraction of sp³-hybridized carbons (Fsp3) is 0.625. The van der Waals surface area contributed by atoms with Crippen molar-refractivity contribution in [2.24, 2.45) is 0 Å². The van der Waals surface area contributed by atoms with Crippen molar-refractivity contribution < 1.29 is 38.2 Å². The van der Waals surface area contributed by atoms with Crippen LogP contribution < -0.4 is 5.11 Å². The summed E-state index contributed by atoms with van der Waals surface area (Å²) in [4.78, 5) is 36.5. The van der Waals surface area contributed by atoms with Gasteiger partial charge in [-0.2, -0.15) is 0 Å². The molecule has 0 spiro atoms. The number of hydrogen-bond donors (Lipinski definition) is 0. The molecule has 0 bridgehead atoms. The number of carbonyl (C=O) groups excluding carboxylic acids is 3. The maximum Gasteiger partial charge on any atom is 0.306 e. The van der Waals surface area contributed by atoms with Crippen LogP contribution in [-0.2, 0) is 28.6 Å². The number of nitrogens with zero attached hydrogens (tertiary/aromatic N) is 1. The topological polar surface area (TPSA) is 102 Å². The second-order valence-electron chi connectivity index (χ2n) is 12.8. The second kappa shape index (κ2) is 31.1. The molecule has 0 saturated carbocycles. The number of esters is 2. The highest BCUT2D eigenvalue weighted by molar-refractivity contribution is 5.70. The highest BCUT2D eigenvalue weighted by Gasteiger charge is 2.25. The van der Waals surface area contributed by atoms with E-state index < -0.39 is 18.1 Å². The molecule has 0 aliphatic carbocycles. The molecule has 0 heterocycles. The minimum atomic E-state index is -1.14. The summed E-state index contributed by atoms with van der Waals surface area (Å²) < 4.78 is 17.0. The molecule has 8 heteroatoms. The van der Waals surface area contributed by atoms with E-state index >= 15 is 0 Å². The summed E-state index contributed by atoms with van der Waals surface area (Å²) in [6.07, 6.45) is 36.6. The molecule has 0 aliphatic rings. The second-order valence-corrected chi connectivity index (χ2v) is 12.8. The smallest absolute Gasteiger partial charge is 0.306 e. The number of rotatable bonds is 30. The SMILES string of the molecule is CC/C=C/C=C/C=C/C=C/CCCCCCCC(=O)OC(COCCC(C(=O)[O-])[N+](C)(C)C)COC(=O)CCCC/C=C/C/C=C/CC. The monoisotopic (exact) mass is 671 g/mol. The Morgan fingerprint density at radius 3 is 1.90 bits per heavy atom. The first-order valence-electron chi connectivity index (χ1n) is 18.0. The number of carboxylic acid groups (broad SMARTS) is 1. The summed E-state index contributed by atoms with van der Waals surface area (Å²) >= 11 is 0. The number of hydrogen-bond acceptors (Lipinski definition) is 7. The van der Waals surface area contributed by atoms with E-state index in [1.807, 2.05) is 30.4 Å². The van der Waals surface area contributed by atoms with E-state index in [1.165, 1.54) is 0 Å². The van der Waals surface area contributed by atoms with E-state index in [-0.39, 0.29) is 49.1 Å². The lowest BCUT2D eigenvalue weighted by Crippen LogP contribution is -2.55. The van der Waals surface area contributed by atoms with Gasteiger partial charge in [-0.05, 0) is 57.8 Å². The minimum Gasteiger partial charge on any atom is -0.544 e. The summed E-state index contributed by atoms with van der Waals surface area (Å²) in [5.74, 6) is -1.83. The van der Waals surface area contributed by atoms with Crippen molar-refractivity contribution in [3.05, 3.63) is 72.9 Å². The van der Waals surface area contributed by atoms with Crippen molar-refractivity contribution in [1.29, 1.82) is 0 Å². The van der Waals surface area contributed by atoms with Crippen LogP contribution in [0.2, 0.25) is 0 Å². The van der Waals surface area contributed by atoms with E-state index in [9.17, 15) is 19.5 Å². The van der Waals surface area contributed by atoms with Crippen LogP contribution in [0.25, 0.3) is 0 Å². The lowest BCUT2D eigenvalue weighted by atomic mass is 10.1. The zero-order chi connectivity index (χ0) is 35.7. The molecule has 0 N–H and O–H groups in total. The lowest BCUT2D eigenvalue weighted by Gasteiger charge is -2.34. The molecule has 272 valence electrons. The quantitative estimate of drug-likeness (QED) is 0.0256. The summed E-state index contributed by atoms with van der Waals surface area (Å²) in [5, 5.41) is 11.6. The van der Waals surface area contributed by atoms with Gasteiger partial charge in [0.1, 0.15) is 12.6 Å². The van der Waals surface area contributed by atoms with Gasteiger partial charge in [-0.15, -0.1) is 0 Å². The van der Waals surface area contributed by atoms with Crippen molar-refractivity contribution in [2.75, 3.05) is 41.0 Å². The molecule has 0 saturated heterocycles. The molecule has 8 nitrogen and oxygen atoms in total. The predicted octanol–water partition coefficient (Wildman–Crippen LogP) is 7.51. The summed E-state index contributed by atoms with van der Waals surface area (Å²) in [7, 11) is 5.36. The first-order chi connectivity index (χ1) is 23.1. The summed E-state index contributed by atoms with van der Waals surface area (Å²) in [6.45, 7) is 4.29. The Hall–Kier alpha value is -3.23. The largest absolute Gasteiger partial charge is 0.544 e. The standard InChI is InChI=1S/C40H65NO7/c1-6-8-10-12-14-16-17-18-19-20-21-23-25-27-29-31-39(43)48-36(34-46-33-32-37(40(44)45)41(3,4)5)35-47-38(42)30-28-26-24-22-15-13-11-9-7-2/h8-12,14-19,22,36-37H,6-7,13,20-21,23-35H2,1-5H3/b10-8+,11-9+,14-12+,17-16+,19-18+,22-15+. The molecular formula is C40H65NO7. The number of allylic oxidation sites excluding steroid dienone is 12. The number of quaternary nitrogens is 1. The molecule has 0 rings (SSSR count). The minimum absolute atomic E-state index is 0.0160. The van der Waals surface area contributed by atoms with Crippen molar-refractivity contribution in [2.45, 2.75) is 122 Å². The van der Waals surface area contributed by atoms with E-state index in [0.717, 1.165) is 70.6 Å². The number of carbonyl (C=O) groups is 3. The molecule has 48 heavy (non-hydrogen) atoms. The van der Waals surface area contributed by atoms with Crippen molar-refractivity contribution in [3.63, 3.8) is 0 Å². The van der Waals surface area contributed by atoms with Crippen LogP contribution in [0.4, 0.5) is 0 Å². The molecule has 0 aliphatic heterocycles. The van der Waals surface area contributed by atoms with Gasteiger partial charge in [0.2, 0.25) is 0 Å². The van der Waals surface area contributed by atoms with Crippen molar-refractivity contribution >= 4 is 17.9 Å². The highest BCUT2D eigenvalue weighted by atomic mass is 16.6. The Morgan fingerprint density at radius 1 is 0.646 bits per heavy atom. The van der Waals surface area contributed by atoms with Crippen LogP contribution in [0.15, 0.2) is 72.9 Å². The van der Waals surface area contributed by atoms with Crippen LogP contribution in [0.1, 0.15) is 110 Å². The first-order valence-corrected chi connectivity index (χ1v) is 18.0. The molecule has 0 fully saturated rings. The molecule has 0 radical (unpaired) electrons. The van der Waals surface area contributed by atoms with Crippen molar-refractivity contribution in [1.82, 2.24) is 0 Å². The Kier molecular flexibility index (Phi) is 29.0. The van der Waals surface area contributed by atoms with Gasteiger partial charge in [-0.3, -0.25) is 9.59 Å². The molecule has 2 unspecified atom stereocenters. The van der Waals surface area contributed by atoms with Gasteiger partial charge in [0.25, 0.3) is 0 Å². The van der Waals surface area contributed by atoms with Crippen LogP contribution in [-0.4, -0.2) is 75.5 Å². The fourth-order valence-corrected chi connectivity index (χ4v) is 4.65. The number of aliphatic carboxylic acids is 1. The molecular weight excluding hydrogens is 606 g/mol. The molecule has 0 aromatic heterocycles. The van der Waals surface area contributed by atoms with Crippen LogP contribution in [0.5, 0.6) is 0 Å². The fourth-order valence-electron chi connectivity index (χ4n) is 4.65. The first kappa shape index (κ1) is 44.8. The van der Waals surface area contributed by atoms with Crippen LogP contribution in [0, 0.1) is 0 Å². The maximum absolute atomic E-state index is 12.6. The zero-order valence-electron chi connectivity index (χ0n) is 30.6. The Morgan fingerprint density at radius 2 is 1.21 bits per heavy atom. The number of likely N-dealkylation sites (N-methyl/N-ethyl adjacent to an activating group) is 1. The van der Waals surface area contributed by atoms with Gasteiger partial charge in [0.15, 0.2) is 6.10 Å². The van der Waals surface area contributed by atoms with Gasteiger partial charge < -0.3 is 28.6 Å². The number of ether oxygens (including phenoxy) is 3. The Bertz CT molecular complexity index is 1020. The predicted molar refractivity (Wildman–Crippen MR) is 194 cm³/mol. The van der Waals surface area contributed by atoms with Crippen molar-refractivity contribution in [3.8, 4) is 0 Å². The normalized spacial score (nSPS) is 13.9. The highest BCUT2D eigenvalue weighted by Crippen LogP contribution is 2.11. The van der Waals surface area contributed by atoms with E-state index in [0.29, 0.717) is 12.8 Å². The average molecular weight is 672 g/mol. The molecule has 0 amide bonds. The van der Waals surface area contributed by atoms with Gasteiger partial charge in [0.05, 0.1) is 40.3 Å². The van der Waals surface area contributed by atoms with Gasteiger partial charge >= 0.3 is 11.9 Å². The average Bonchev–Trinajstić information content (AvgIpc) is 3.03. The third-order valence-electron chi connectivity index (χ3n) is 7.43. The van der Waals surface area contributed by atoms with Crippen LogP contribution >= 0.6 is 0 Å². The third-order valence-corrected chi connectivity index (χ3v) is 7.43. The molecule has 0 aromatic rings. The third kappa shape index (κ3) is 29.0. The van der Waals surface area contributed by atoms with Gasteiger partial charge in [-0.1, -0.05) is 106 Å². The van der Waals surface area contributed by atoms with E-state index in [4.69, 9.17) is 14.2 Å². The van der Waals surface area contributed by atoms with Gasteiger partial charge in [0, 0.05) is 19.3 Å². The van der Waals surface area contributed by atoms with Gasteiger partial charge in [-0.25, -0.2) is 0 Å². The number of carboxylic acids is 1. The van der Waals surface area contributed by atoms with Crippen LogP contribution in [0.3, 0.4) is 0 Å². The Balaban J connectivity index is 4.54. The van der Waals surface area contributed by atoms with E-state index in [2.05, 4.69) is 56.4 Å². The molecule has 0 aromatic carbocycles. The maximum atomic E-state index is 12.6. The van der Waals surface area contributed by atoms with E-state index in [1.54, 1.807) is 21.1 Å².